The van der Waals surface area contributed by atoms with Gasteiger partial charge in [-0.15, -0.1) is 0 Å². The lowest BCUT2D eigenvalue weighted by Gasteiger charge is -2.27. The van der Waals surface area contributed by atoms with Crippen molar-refractivity contribution in [2.75, 3.05) is 26.2 Å². The van der Waals surface area contributed by atoms with Crippen molar-refractivity contribution >= 4 is 5.91 Å². The van der Waals surface area contributed by atoms with Crippen molar-refractivity contribution in [2.45, 2.75) is 39.3 Å². The fourth-order valence-electron chi connectivity index (χ4n) is 2.90. The molecular formula is C18H29N3O. The highest BCUT2D eigenvalue weighted by atomic mass is 16.2. The van der Waals surface area contributed by atoms with Crippen LogP contribution in [-0.2, 0) is 11.3 Å². The van der Waals surface area contributed by atoms with Crippen LogP contribution in [-0.4, -0.2) is 47.9 Å². The molecule has 4 nitrogen and oxygen atoms in total. The Morgan fingerprint density at radius 3 is 2.59 bits per heavy atom. The molecule has 1 fully saturated rings. The zero-order chi connectivity index (χ0) is 15.9. The molecule has 0 aromatic heterocycles. The third kappa shape index (κ3) is 4.55. The molecule has 1 aromatic carbocycles. The number of carbonyl (C=O) groups is 1. The molecule has 22 heavy (non-hydrogen) atoms. The van der Waals surface area contributed by atoms with Crippen LogP contribution in [0.2, 0.25) is 0 Å². The molecule has 2 rings (SSSR count). The van der Waals surface area contributed by atoms with E-state index in [1.807, 2.05) is 11.0 Å². The van der Waals surface area contributed by atoms with Crippen LogP contribution in [0.25, 0.3) is 0 Å². The summed E-state index contributed by atoms with van der Waals surface area (Å²) >= 11 is 0. The highest BCUT2D eigenvalue weighted by Crippen LogP contribution is 2.12. The van der Waals surface area contributed by atoms with E-state index < -0.39 is 0 Å². The first kappa shape index (κ1) is 17.0. The van der Waals surface area contributed by atoms with Gasteiger partial charge >= 0.3 is 0 Å². The Morgan fingerprint density at radius 1 is 1.18 bits per heavy atom. The van der Waals surface area contributed by atoms with Crippen LogP contribution in [0.4, 0.5) is 0 Å². The first-order valence-electron chi connectivity index (χ1n) is 8.42. The summed E-state index contributed by atoms with van der Waals surface area (Å²) in [6.45, 7) is 8.68. The summed E-state index contributed by atoms with van der Waals surface area (Å²) in [4.78, 5) is 16.9. The number of hydrogen-bond acceptors (Lipinski definition) is 3. The number of carbonyl (C=O) groups excluding carboxylic acids is 1. The molecule has 4 heteroatoms. The molecule has 1 heterocycles. The highest BCUT2D eigenvalue weighted by Gasteiger charge is 2.26. The Morgan fingerprint density at radius 2 is 1.91 bits per heavy atom. The van der Waals surface area contributed by atoms with Gasteiger partial charge in [-0.25, -0.2) is 0 Å². The molecule has 122 valence electrons. The van der Waals surface area contributed by atoms with Gasteiger partial charge in [0.15, 0.2) is 0 Å². The first-order valence-corrected chi connectivity index (χ1v) is 8.42. The van der Waals surface area contributed by atoms with Gasteiger partial charge in [-0.1, -0.05) is 50.6 Å². The van der Waals surface area contributed by atoms with Crippen molar-refractivity contribution in [3.05, 3.63) is 35.9 Å². The van der Waals surface area contributed by atoms with E-state index >= 15 is 0 Å². The van der Waals surface area contributed by atoms with Crippen LogP contribution in [0, 0.1) is 5.92 Å². The lowest BCUT2D eigenvalue weighted by atomic mass is 9.99. The van der Waals surface area contributed by atoms with Crippen molar-refractivity contribution in [2.24, 2.45) is 11.7 Å². The summed E-state index contributed by atoms with van der Waals surface area (Å²) in [6, 6.07) is 10.2. The second-order valence-electron chi connectivity index (χ2n) is 6.35. The van der Waals surface area contributed by atoms with Gasteiger partial charge < -0.3 is 10.6 Å². The minimum Gasteiger partial charge on any atom is -0.340 e. The lowest BCUT2D eigenvalue weighted by molar-refractivity contribution is -0.133. The van der Waals surface area contributed by atoms with Gasteiger partial charge in [-0.05, 0) is 17.9 Å². The van der Waals surface area contributed by atoms with Gasteiger partial charge in [0.2, 0.25) is 5.91 Å². The predicted molar refractivity (Wildman–Crippen MR) is 90.3 cm³/mol. The van der Waals surface area contributed by atoms with Gasteiger partial charge in [0.25, 0.3) is 0 Å². The maximum Gasteiger partial charge on any atom is 0.239 e. The van der Waals surface area contributed by atoms with Gasteiger partial charge in [-0.3, -0.25) is 9.69 Å². The Balaban J connectivity index is 1.88. The van der Waals surface area contributed by atoms with E-state index in [0.29, 0.717) is 0 Å². The van der Waals surface area contributed by atoms with Crippen LogP contribution in [0.3, 0.4) is 0 Å². The SMILES string of the molecule is CCC(C)C(N)C(=O)N1CCCN(Cc2ccccc2)CC1. The van der Waals surface area contributed by atoms with Gasteiger partial charge in [0.1, 0.15) is 0 Å². The van der Waals surface area contributed by atoms with Crippen LogP contribution < -0.4 is 5.73 Å². The molecule has 1 saturated heterocycles. The topological polar surface area (TPSA) is 49.6 Å². The number of hydrogen-bond donors (Lipinski definition) is 1. The van der Waals surface area contributed by atoms with Crippen molar-refractivity contribution < 1.29 is 4.79 Å². The summed E-state index contributed by atoms with van der Waals surface area (Å²) in [6.07, 6.45) is 1.96. The average molecular weight is 303 g/mol. The fourth-order valence-corrected chi connectivity index (χ4v) is 2.90. The van der Waals surface area contributed by atoms with Crippen LogP contribution in [0.15, 0.2) is 30.3 Å². The molecule has 1 aliphatic heterocycles. The fraction of sp³-hybridized carbons (Fsp3) is 0.611. The molecule has 2 atom stereocenters. The normalized spacial score (nSPS) is 19.5. The van der Waals surface area contributed by atoms with E-state index in [1.54, 1.807) is 0 Å². The minimum absolute atomic E-state index is 0.121. The number of nitrogens with two attached hydrogens (primary N) is 1. The molecule has 0 saturated carbocycles. The predicted octanol–water partition coefficient (Wildman–Crippen LogP) is 2.09. The second-order valence-corrected chi connectivity index (χ2v) is 6.35. The molecule has 2 unspecified atom stereocenters. The van der Waals surface area contributed by atoms with Gasteiger partial charge in [0.05, 0.1) is 6.04 Å². The third-order valence-corrected chi connectivity index (χ3v) is 4.69. The molecule has 0 aliphatic carbocycles. The summed E-state index contributed by atoms with van der Waals surface area (Å²) in [7, 11) is 0. The van der Waals surface area contributed by atoms with E-state index in [1.165, 1.54) is 5.56 Å². The van der Waals surface area contributed by atoms with E-state index in [-0.39, 0.29) is 17.9 Å². The summed E-state index contributed by atoms with van der Waals surface area (Å²) < 4.78 is 0. The van der Waals surface area contributed by atoms with Crippen molar-refractivity contribution in [1.29, 1.82) is 0 Å². The van der Waals surface area contributed by atoms with E-state index in [9.17, 15) is 4.79 Å². The van der Waals surface area contributed by atoms with Crippen LogP contribution in [0.1, 0.15) is 32.3 Å². The zero-order valence-electron chi connectivity index (χ0n) is 13.9. The maximum atomic E-state index is 12.5. The van der Waals surface area contributed by atoms with Gasteiger partial charge in [0, 0.05) is 32.7 Å². The largest absolute Gasteiger partial charge is 0.340 e. The van der Waals surface area contributed by atoms with Crippen LogP contribution in [0.5, 0.6) is 0 Å². The summed E-state index contributed by atoms with van der Waals surface area (Å²) in [5, 5.41) is 0. The second kappa shape index (κ2) is 8.30. The molecule has 0 radical (unpaired) electrons. The van der Waals surface area contributed by atoms with Crippen molar-refractivity contribution in [1.82, 2.24) is 9.80 Å². The summed E-state index contributed by atoms with van der Waals surface area (Å²) in [5.74, 6) is 0.368. The van der Waals surface area contributed by atoms with E-state index in [0.717, 1.165) is 45.6 Å². The molecule has 1 amide bonds. The third-order valence-electron chi connectivity index (χ3n) is 4.69. The van der Waals surface area contributed by atoms with E-state index in [2.05, 4.69) is 43.0 Å². The Kier molecular flexibility index (Phi) is 6.40. The highest BCUT2D eigenvalue weighted by molar-refractivity contribution is 5.82. The molecule has 2 N–H and O–H groups in total. The van der Waals surface area contributed by atoms with E-state index in [4.69, 9.17) is 5.73 Å². The van der Waals surface area contributed by atoms with Crippen molar-refractivity contribution in [3.8, 4) is 0 Å². The Bertz CT molecular complexity index is 463. The molecule has 1 aromatic rings. The zero-order valence-corrected chi connectivity index (χ0v) is 13.9. The Labute approximate surface area is 134 Å². The number of amides is 1. The number of benzene rings is 1. The summed E-state index contributed by atoms with van der Waals surface area (Å²) in [5.41, 5.74) is 7.44. The molecular weight excluding hydrogens is 274 g/mol. The molecule has 0 bridgehead atoms. The lowest BCUT2D eigenvalue weighted by Crippen LogP contribution is -2.48. The quantitative estimate of drug-likeness (QED) is 0.906. The average Bonchev–Trinajstić information content (AvgIpc) is 2.79. The minimum atomic E-state index is -0.356. The van der Waals surface area contributed by atoms with Crippen molar-refractivity contribution in [3.63, 3.8) is 0 Å². The maximum absolute atomic E-state index is 12.5. The monoisotopic (exact) mass is 303 g/mol. The van der Waals surface area contributed by atoms with Gasteiger partial charge in [-0.2, -0.15) is 0 Å². The molecule has 1 aliphatic rings. The smallest absolute Gasteiger partial charge is 0.239 e. The first-order chi connectivity index (χ1) is 10.6. The molecule has 0 spiro atoms. The van der Waals surface area contributed by atoms with Crippen LogP contribution >= 0.6 is 0 Å². The number of rotatable bonds is 5. The standard InChI is InChI=1S/C18H29N3O/c1-3-15(2)17(19)18(22)21-11-7-10-20(12-13-21)14-16-8-5-4-6-9-16/h4-6,8-9,15,17H,3,7,10-14,19H2,1-2H3. The Hall–Kier alpha value is -1.39. The number of nitrogens with zero attached hydrogens (tertiary/aromatic N) is 2.